The Morgan fingerprint density at radius 1 is 1.24 bits per heavy atom. The van der Waals surface area contributed by atoms with E-state index in [4.69, 9.17) is 21.9 Å². The zero-order chi connectivity index (χ0) is 23.4. The van der Waals surface area contributed by atoms with Gasteiger partial charge >= 0.3 is 12.1 Å². The fourth-order valence-corrected chi connectivity index (χ4v) is 6.22. The molecule has 1 amide bonds. The van der Waals surface area contributed by atoms with Gasteiger partial charge in [0.25, 0.3) is 10.9 Å². The minimum Gasteiger partial charge on any atom is -0.372 e. The minimum atomic E-state index is -4.68. The number of hydrogen-bond donors (Lipinski definition) is 2. The van der Waals surface area contributed by atoms with Crippen molar-refractivity contribution in [1.82, 2.24) is 15.1 Å². The van der Waals surface area contributed by atoms with Gasteiger partial charge in [0, 0.05) is 27.5 Å². The van der Waals surface area contributed by atoms with Gasteiger partial charge in [0.2, 0.25) is 9.84 Å². The number of nitrogens with zero attached hydrogens (tertiary/aromatic N) is 2. The number of nitrogens with one attached hydrogen (secondary N) is 1. The Hall–Kier alpha value is -3.44. The molecule has 0 aliphatic heterocycles. The molecule has 2 aromatic carbocycles. The average molecular weight is 491 g/mol. The number of sulfone groups is 1. The number of H-pyrrole nitrogens is 1. The van der Waals surface area contributed by atoms with E-state index in [2.05, 4.69) is 19.9 Å². The number of benzene rings is 2. The van der Waals surface area contributed by atoms with Crippen LogP contribution in [0.25, 0.3) is 10.9 Å². The lowest BCUT2D eigenvalue weighted by atomic mass is 9.98. The van der Waals surface area contributed by atoms with Gasteiger partial charge < -0.3 is 20.0 Å². The van der Waals surface area contributed by atoms with Crippen LogP contribution in [0.1, 0.15) is 17.1 Å². The SMILES string of the molecule is NC(=O)Oc1noc(C(F)(C2Cc3[nH]c4ccc(Cl)cc4c3C2)S(=O)(=O)c2ccccc2)n1. The molecule has 170 valence electrons. The number of halogens is 2. The molecule has 2 atom stereocenters. The third-order valence-electron chi connectivity index (χ3n) is 5.72. The Bertz CT molecular complexity index is 1490. The lowest BCUT2D eigenvalue weighted by Crippen LogP contribution is -2.40. The van der Waals surface area contributed by atoms with E-state index in [0.717, 1.165) is 16.5 Å². The van der Waals surface area contributed by atoms with E-state index in [1.54, 1.807) is 24.3 Å². The molecule has 0 spiro atoms. The molecule has 0 saturated carbocycles. The molecule has 4 aromatic rings. The maximum Gasteiger partial charge on any atom is 0.412 e. The van der Waals surface area contributed by atoms with Crippen molar-refractivity contribution in [2.24, 2.45) is 11.7 Å². The van der Waals surface area contributed by atoms with Gasteiger partial charge in [-0.2, -0.15) is 4.98 Å². The van der Waals surface area contributed by atoms with Crippen molar-refractivity contribution < 1.29 is 26.9 Å². The lowest BCUT2D eigenvalue weighted by molar-refractivity contribution is 0.128. The monoisotopic (exact) mass is 490 g/mol. The highest BCUT2D eigenvalue weighted by atomic mass is 35.5. The number of alkyl halides is 1. The van der Waals surface area contributed by atoms with Crippen LogP contribution < -0.4 is 10.5 Å². The molecule has 3 N–H and O–H groups in total. The molecule has 1 aliphatic carbocycles. The molecule has 33 heavy (non-hydrogen) atoms. The van der Waals surface area contributed by atoms with Crippen molar-refractivity contribution in [2.75, 3.05) is 0 Å². The molecule has 1 aliphatic rings. The topological polar surface area (TPSA) is 141 Å². The van der Waals surface area contributed by atoms with E-state index in [-0.39, 0.29) is 17.7 Å². The van der Waals surface area contributed by atoms with E-state index in [1.165, 1.54) is 24.3 Å². The second-order valence-electron chi connectivity index (χ2n) is 7.64. The smallest absolute Gasteiger partial charge is 0.372 e. The summed E-state index contributed by atoms with van der Waals surface area (Å²) >= 11 is 6.13. The standard InChI is InChI=1S/C21H16ClFN4O5S/c22-12-6-7-16-15(10-12)14-8-11(9-17(14)25-16)21(23,18-26-20(27-32-18)31-19(24)28)33(29,30)13-4-2-1-3-5-13/h1-7,10-11,25H,8-9H2,(H2,24,28). The summed E-state index contributed by atoms with van der Waals surface area (Å²) < 4.78 is 53.6. The first kappa shape index (κ1) is 21.4. The van der Waals surface area contributed by atoms with E-state index >= 15 is 4.39 Å². The number of hydrogen-bond acceptors (Lipinski definition) is 7. The highest BCUT2D eigenvalue weighted by Gasteiger charge is 2.59. The zero-order valence-electron chi connectivity index (χ0n) is 16.8. The van der Waals surface area contributed by atoms with Crippen LogP contribution in [0.15, 0.2) is 57.9 Å². The van der Waals surface area contributed by atoms with E-state index in [1.807, 2.05) is 0 Å². The third-order valence-corrected chi connectivity index (χ3v) is 8.14. The summed E-state index contributed by atoms with van der Waals surface area (Å²) in [5, 5.41) is 1.52. The highest BCUT2D eigenvalue weighted by molar-refractivity contribution is 7.92. The predicted molar refractivity (Wildman–Crippen MR) is 115 cm³/mol. The number of amides is 1. The highest BCUT2D eigenvalue weighted by Crippen LogP contribution is 2.49. The van der Waals surface area contributed by atoms with Crippen molar-refractivity contribution >= 4 is 38.4 Å². The van der Waals surface area contributed by atoms with E-state index < -0.39 is 38.8 Å². The average Bonchev–Trinajstić information content (AvgIpc) is 3.48. The Kier molecular flexibility index (Phi) is 4.91. The molecule has 2 heterocycles. The van der Waals surface area contributed by atoms with Crippen LogP contribution in [0.3, 0.4) is 0 Å². The molecule has 0 radical (unpaired) electrons. The second-order valence-corrected chi connectivity index (χ2v) is 10.2. The number of fused-ring (bicyclic) bond motifs is 3. The molecule has 0 bridgehead atoms. The molecular weight excluding hydrogens is 475 g/mol. The fourth-order valence-electron chi connectivity index (χ4n) is 4.27. The largest absolute Gasteiger partial charge is 0.412 e. The first-order valence-electron chi connectivity index (χ1n) is 9.79. The number of aromatic nitrogens is 3. The van der Waals surface area contributed by atoms with Crippen molar-refractivity contribution in [1.29, 1.82) is 0 Å². The minimum absolute atomic E-state index is 0.0542. The molecule has 2 unspecified atom stereocenters. The van der Waals surface area contributed by atoms with Crippen LogP contribution in [0.5, 0.6) is 6.01 Å². The summed E-state index contributed by atoms with van der Waals surface area (Å²) in [5.74, 6) is -1.96. The number of carbonyl (C=O) groups is 1. The molecule has 9 nitrogen and oxygen atoms in total. The predicted octanol–water partition coefficient (Wildman–Crippen LogP) is 3.67. The van der Waals surface area contributed by atoms with E-state index in [0.29, 0.717) is 10.7 Å². The maximum absolute atomic E-state index is 17.0. The van der Waals surface area contributed by atoms with Gasteiger partial charge in [-0.25, -0.2) is 17.6 Å². The van der Waals surface area contributed by atoms with Gasteiger partial charge in [-0.05, 0) is 53.9 Å². The molecule has 0 fully saturated rings. The Morgan fingerprint density at radius 3 is 2.73 bits per heavy atom. The van der Waals surface area contributed by atoms with Crippen molar-refractivity contribution in [3.8, 4) is 6.01 Å². The summed E-state index contributed by atoms with van der Waals surface area (Å²) in [6.45, 7) is 0. The summed E-state index contributed by atoms with van der Waals surface area (Å²) in [7, 11) is -4.68. The van der Waals surface area contributed by atoms with Gasteiger partial charge in [0.05, 0.1) is 4.90 Å². The number of aromatic amines is 1. The van der Waals surface area contributed by atoms with Crippen LogP contribution in [0.2, 0.25) is 5.02 Å². The molecular formula is C21H16ClFN4O5S. The van der Waals surface area contributed by atoms with Crippen LogP contribution in [-0.2, 0) is 27.7 Å². The number of carbonyl (C=O) groups excluding carboxylic acids is 1. The molecule has 12 heteroatoms. The Balaban J connectivity index is 1.63. The summed E-state index contributed by atoms with van der Waals surface area (Å²) in [6, 6.07) is 11.7. The van der Waals surface area contributed by atoms with Gasteiger partial charge in [-0.15, -0.1) is 0 Å². The maximum atomic E-state index is 17.0. The quantitative estimate of drug-likeness (QED) is 0.434. The number of rotatable bonds is 5. The van der Waals surface area contributed by atoms with Crippen LogP contribution in [-0.4, -0.2) is 29.6 Å². The van der Waals surface area contributed by atoms with Crippen molar-refractivity contribution in [3.05, 3.63) is 70.7 Å². The normalized spacial score (nSPS) is 17.6. The number of primary amides is 1. The van der Waals surface area contributed by atoms with Gasteiger partial charge in [0.1, 0.15) is 0 Å². The number of nitrogens with two attached hydrogens (primary N) is 1. The zero-order valence-corrected chi connectivity index (χ0v) is 18.4. The summed E-state index contributed by atoms with van der Waals surface area (Å²) in [6.07, 6.45) is -1.14. The third kappa shape index (κ3) is 3.35. The first-order valence-corrected chi connectivity index (χ1v) is 11.7. The van der Waals surface area contributed by atoms with Gasteiger partial charge in [0.15, 0.2) is 0 Å². The second kappa shape index (κ2) is 7.56. The molecule has 2 aromatic heterocycles. The van der Waals surface area contributed by atoms with E-state index in [9.17, 15) is 13.2 Å². The Morgan fingerprint density at radius 2 is 2.00 bits per heavy atom. The van der Waals surface area contributed by atoms with Gasteiger partial charge in [-0.3, -0.25) is 0 Å². The first-order chi connectivity index (χ1) is 15.7. The fraction of sp³-hybridized carbons (Fsp3) is 0.190. The summed E-state index contributed by atoms with van der Waals surface area (Å²) in [5.41, 5.74) is 7.20. The molecule has 0 saturated heterocycles. The summed E-state index contributed by atoms with van der Waals surface area (Å²) in [4.78, 5) is 17.7. The van der Waals surface area contributed by atoms with Crippen LogP contribution in [0.4, 0.5) is 9.18 Å². The van der Waals surface area contributed by atoms with Gasteiger partial charge in [-0.1, -0.05) is 29.8 Å². The number of ether oxygens (including phenoxy) is 1. The van der Waals surface area contributed by atoms with Crippen LogP contribution >= 0.6 is 11.6 Å². The van der Waals surface area contributed by atoms with Crippen molar-refractivity contribution in [3.63, 3.8) is 0 Å². The van der Waals surface area contributed by atoms with Crippen LogP contribution in [0, 0.1) is 5.92 Å². The Labute approximate surface area is 191 Å². The molecule has 5 rings (SSSR count). The van der Waals surface area contributed by atoms with Crippen molar-refractivity contribution in [2.45, 2.75) is 22.7 Å². The lowest BCUT2D eigenvalue weighted by Gasteiger charge is -2.27.